The van der Waals surface area contributed by atoms with E-state index < -0.39 is 6.10 Å². The first-order valence-corrected chi connectivity index (χ1v) is 5.06. The Morgan fingerprint density at radius 1 is 1.40 bits per heavy atom. The molecule has 0 aromatic heterocycles. The van der Waals surface area contributed by atoms with E-state index in [1.165, 1.54) is 0 Å². The van der Waals surface area contributed by atoms with Crippen LogP contribution in [0.15, 0.2) is 42.4 Å². The van der Waals surface area contributed by atoms with Crippen LogP contribution < -0.4 is 0 Å². The van der Waals surface area contributed by atoms with Crippen molar-refractivity contribution in [1.82, 2.24) is 0 Å². The number of fused-ring (bicyclic) bond motifs is 1. The lowest BCUT2D eigenvalue weighted by molar-refractivity contribution is 0.155. The van der Waals surface area contributed by atoms with Crippen molar-refractivity contribution in [2.24, 2.45) is 0 Å². The van der Waals surface area contributed by atoms with Gasteiger partial charge >= 0.3 is 0 Å². The summed E-state index contributed by atoms with van der Waals surface area (Å²) in [5, 5.41) is 9.89. The van der Waals surface area contributed by atoms with Crippen LogP contribution in [-0.4, -0.2) is 5.11 Å². The number of aliphatic hydroxyl groups is 1. The highest BCUT2D eigenvalue weighted by Crippen LogP contribution is 2.31. The molecule has 0 radical (unpaired) electrons. The first-order chi connectivity index (χ1) is 7.31. The van der Waals surface area contributed by atoms with Crippen molar-refractivity contribution in [3.05, 3.63) is 53.5 Å². The van der Waals surface area contributed by atoms with Crippen LogP contribution in [0, 0.1) is 0 Å². The molecule has 78 valence electrons. The third-order valence-electron chi connectivity index (χ3n) is 2.42. The van der Waals surface area contributed by atoms with Crippen molar-refractivity contribution in [3.63, 3.8) is 0 Å². The molecule has 1 aromatic carbocycles. The number of hydrogen-bond donors (Lipinski definition) is 1. The second-order valence-corrected chi connectivity index (χ2v) is 3.55. The van der Waals surface area contributed by atoms with Crippen LogP contribution in [0.2, 0.25) is 0 Å². The van der Waals surface area contributed by atoms with Gasteiger partial charge in [0.1, 0.15) is 5.76 Å². The summed E-state index contributed by atoms with van der Waals surface area (Å²) in [4.78, 5) is 0. The van der Waals surface area contributed by atoms with Crippen molar-refractivity contribution in [1.29, 1.82) is 0 Å². The van der Waals surface area contributed by atoms with E-state index in [9.17, 15) is 5.11 Å². The maximum absolute atomic E-state index is 9.89. The molecule has 0 bridgehead atoms. The summed E-state index contributed by atoms with van der Waals surface area (Å²) in [7, 11) is 0. The summed E-state index contributed by atoms with van der Waals surface area (Å²) in [5.74, 6) is 0.805. The van der Waals surface area contributed by atoms with E-state index >= 15 is 0 Å². The molecule has 0 amide bonds. The van der Waals surface area contributed by atoms with E-state index in [4.69, 9.17) is 4.74 Å². The lowest BCUT2D eigenvalue weighted by Crippen LogP contribution is -2.07. The lowest BCUT2D eigenvalue weighted by Gasteiger charge is -2.20. The Morgan fingerprint density at radius 3 is 3.00 bits per heavy atom. The second-order valence-electron chi connectivity index (χ2n) is 3.55. The molecule has 0 spiro atoms. The van der Waals surface area contributed by atoms with Crippen molar-refractivity contribution in [2.45, 2.75) is 19.4 Å². The summed E-state index contributed by atoms with van der Waals surface area (Å²) >= 11 is 0. The van der Waals surface area contributed by atoms with Crippen molar-refractivity contribution in [3.8, 4) is 0 Å². The highest BCUT2D eigenvalue weighted by molar-refractivity contribution is 5.59. The number of ether oxygens (including phenoxy) is 1. The van der Waals surface area contributed by atoms with Gasteiger partial charge in [0.2, 0.25) is 0 Å². The number of rotatable bonds is 2. The number of benzene rings is 1. The summed E-state index contributed by atoms with van der Waals surface area (Å²) in [5.41, 5.74) is 2.01. The standard InChI is InChI=1S/C13H14O2/c1-2-7-15-11-8-10-5-3-4-6-12(10)13(14)9-11/h2-8,13-14H,9H2,1H3/b7-2+. The minimum Gasteiger partial charge on any atom is -0.470 e. The number of allylic oxidation sites excluding steroid dienone is 1. The third-order valence-corrected chi connectivity index (χ3v) is 2.42. The monoisotopic (exact) mass is 202 g/mol. The smallest absolute Gasteiger partial charge is 0.107 e. The molecule has 2 nitrogen and oxygen atoms in total. The van der Waals surface area contributed by atoms with Crippen LogP contribution in [-0.2, 0) is 4.74 Å². The Hall–Kier alpha value is -1.54. The molecular formula is C13H14O2. The fourth-order valence-corrected chi connectivity index (χ4v) is 1.72. The van der Waals surface area contributed by atoms with Gasteiger partial charge in [-0.3, -0.25) is 0 Å². The van der Waals surface area contributed by atoms with Crippen molar-refractivity contribution in [2.75, 3.05) is 0 Å². The van der Waals surface area contributed by atoms with Gasteiger partial charge in [-0.1, -0.05) is 30.3 Å². The highest BCUT2D eigenvalue weighted by atomic mass is 16.5. The van der Waals surface area contributed by atoms with Crippen LogP contribution in [0.25, 0.3) is 6.08 Å². The minimum atomic E-state index is -0.452. The Kier molecular flexibility index (Phi) is 2.88. The molecule has 15 heavy (non-hydrogen) atoms. The fraction of sp³-hybridized carbons (Fsp3) is 0.231. The highest BCUT2D eigenvalue weighted by Gasteiger charge is 2.18. The van der Waals surface area contributed by atoms with E-state index in [0.717, 1.165) is 16.9 Å². The Balaban J connectivity index is 2.30. The minimum absolute atomic E-state index is 0.452. The van der Waals surface area contributed by atoms with Gasteiger partial charge in [0, 0.05) is 6.42 Å². The molecule has 0 saturated carbocycles. The predicted molar refractivity (Wildman–Crippen MR) is 59.9 cm³/mol. The van der Waals surface area contributed by atoms with Gasteiger partial charge in [-0.05, 0) is 24.1 Å². The first kappa shape index (κ1) is 9.99. The molecule has 0 fully saturated rings. The maximum Gasteiger partial charge on any atom is 0.107 e. The van der Waals surface area contributed by atoms with E-state index in [1.54, 1.807) is 6.26 Å². The van der Waals surface area contributed by atoms with Gasteiger partial charge in [-0.25, -0.2) is 0 Å². The molecule has 2 rings (SSSR count). The van der Waals surface area contributed by atoms with Crippen LogP contribution >= 0.6 is 0 Å². The molecule has 1 unspecified atom stereocenters. The van der Waals surface area contributed by atoms with Crippen LogP contribution in [0.5, 0.6) is 0 Å². The van der Waals surface area contributed by atoms with E-state index in [-0.39, 0.29) is 0 Å². The van der Waals surface area contributed by atoms with Crippen molar-refractivity contribution < 1.29 is 9.84 Å². The average Bonchev–Trinajstić information content (AvgIpc) is 2.26. The summed E-state index contributed by atoms with van der Waals surface area (Å²) in [6.45, 7) is 1.90. The molecule has 1 N–H and O–H groups in total. The zero-order valence-electron chi connectivity index (χ0n) is 8.68. The summed E-state index contributed by atoms with van der Waals surface area (Å²) < 4.78 is 5.38. The zero-order valence-corrected chi connectivity index (χ0v) is 8.68. The third kappa shape index (κ3) is 2.10. The SMILES string of the molecule is C/C=C/OC1=Cc2ccccc2C(O)C1. The van der Waals surface area contributed by atoms with Gasteiger partial charge in [0.15, 0.2) is 0 Å². The van der Waals surface area contributed by atoms with Crippen LogP contribution in [0.1, 0.15) is 30.6 Å². The normalized spacial score (nSPS) is 19.9. The maximum atomic E-state index is 9.89. The van der Waals surface area contributed by atoms with Crippen molar-refractivity contribution >= 4 is 6.08 Å². The Morgan fingerprint density at radius 2 is 2.20 bits per heavy atom. The number of hydrogen-bond acceptors (Lipinski definition) is 2. The Labute approximate surface area is 89.5 Å². The largest absolute Gasteiger partial charge is 0.470 e. The van der Waals surface area contributed by atoms with Gasteiger partial charge < -0.3 is 9.84 Å². The van der Waals surface area contributed by atoms with Gasteiger partial charge in [0.05, 0.1) is 12.4 Å². The summed E-state index contributed by atoms with van der Waals surface area (Å²) in [6.07, 6.45) is 5.52. The number of aliphatic hydroxyl groups excluding tert-OH is 1. The molecule has 1 atom stereocenters. The van der Waals surface area contributed by atoms with Gasteiger partial charge in [-0.15, -0.1) is 0 Å². The second kappa shape index (κ2) is 4.32. The average molecular weight is 202 g/mol. The van der Waals surface area contributed by atoms with Gasteiger partial charge in [-0.2, -0.15) is 0 Å². The molecule has 0 saturated heterocycles. The van der Waals surface area contributed by atoms with Crippen LogP contribution in [0.3, 0.4) is 0 Å². The molecule has 1 aromatic rings. The lowest BCUT2D eigenvalue weighted by atomic mass is 9.94. The first-order valence-electron chi connectivity index (χ1n) is 5.06. The molecule has 1 aliphatic carbocycles. The zero-order chi connectivity index (χ0) is 10.7. The topological polar surface area (TPSA) is 29.5 Å². The molecule has 0 heterocycles. The quantitative estimate of drug-likeness (QED) is 0.747. The molecular weight excluding hydrogens is 188 g/mol. The van der Waals surface area contributed by atoms with E-state index in [1.807, 2.05) is 43.3 Å². The molecule has 2 heteroatoms. The molecule has 1 aliphatic rings. The van der Waals surface area contributed by atoms with E-state index in [2.05, 4.69) is 0 Å². The van der Waals surface area contributed by atoms with Crippen LogP contribution in [0.4, 0.5) is 0 Å². The fourth-order valence-electron chi connectivity index (χ4n) is 1.72. The van der Waals surface area contributed by atoms with E-state index in [0.29, 0.717) is 6.42 Å². The van der Waals surface area contributed by atoms with Gasteiger partial charge in [0.25, 0.3) is 0 Å². The predicted octanol–water partition coefficient (Wildman–Crippen LogP) is 3.01. The summed E-state index contributed by atoms with van der Waals surface area (Å²) in [6, 6.07) is 7.83. The molecule has 0 aliphatic heterocycles. The Bertz CT molecular complexity index is 405.